The molecule has 10 heavy (non-hydrogen) atoms. The molecule has 0 aliphatic heterocycles. The Balaban J connectivity index is -0.0000000600. The number of rotatable bonds is 2. The molecule has 4 nitrogen and oxygen atoms in total. The maximum atomic E-state index is 9.43. The van der Waals surface area contributed by atoms with Crippen molar-refractivity contribution in [3.05, 3.63) is 0 Å². The molecule has 0 aromatic heterocycles. The SMILES string of the molecule is O=C(O)CC(=O)O.[NaH].[NaH].[NaH]. The molecule has 0 heterocycles. The molecule has 0 aromatic rings. The van der Waals surface area contributed by atoms with Crippen molar-refractivity contribution in [2.45, 2.75) is 6.42 Å². The second kappa shape index (κ2) is 13.5. The first-order valence-corrected chi connectivity index (χ1v) is 1.56. The predicted octanol–water partition coefficient (Wildman–Crippen LogP) is -2.40. The topological polar surface area (TPSA) is 74.6 Å². The Kier molecular flexibility index (Phi) is 30.7. The zero-order chi connectivity index (χ0) is 5.86. The van der Waals surface area contributed by atoms with Crippen molar-refractivity contribution in [1.29, 1.82) is 0 Å². The molecule has 0 bridgehead atoms. The average Bonchev–Trinajstić information content (AvgIpc) is 1.27. The van der Waals surface area contributed by atoms with Crippen LogP contribution in [0.4, 0.5) is 0 Å². The predicted molar refractivity (Wildman–Crippen MR) is 41.3 cm³/mol. The van der Waals surface area contributed by atoms with Gasteiger partial charge in [-0.25, -0.2) is 0 Å². The van der Waals surface area contributed by atoms with E-state index in [0.29, 0.717) is 0 Å². The van der Waals surface area contributed by atoms with Gasteiger partial charge in [0.1, 0.15) is 6.42 Å². The number of aliphatic carboxylic acids is 2. The zero-order valence-corrected chi connectivity index (χ0v) is 3.42. The second-order valence-corrected chi connectivity index (χ2v) is 0.964. The molecule has 0 spiro atoms. The van der Waals surface area contributed by atoms with Crippen LogP contribution < -0.4 is 0 Å². The summed E-state index contributed by atoms with van der Waals surface area (Å²) >= 11 is 0. The van der Waals surface area contributed by atoms with E-state index in [1.165, 1.54) is 0 Å². The summed E-state index contributed by atoms with van der Waals surface area (Å²) in [5, 5.41) is 15.4. The van der Waals surface area contributed by atoms with Crippen molar-refractivity contribution in [3.8, 4) is 0 Å². The number of hydrogen-bond donors (Lipinski definition) is 2. The van der Waals surface area contributed by atoms with Crippen LogP contribution >= 0.6 is 0 Å². The van der Waals surface area contributed by atoms with Gasteiger partial charge in [0.25, 0.3) is 0 Å². The van der Waals surface area contributed by atoms with Crippen LogP contribution in [0.5, 0.6) is 0 Å². The molecule has 0 aromatic carbocycles. The van der Waals surface area contributed by atoms with E-state index in [-0.39, 0.29) is 88.7 Å². The van der Waals surface area contributed by atoms with Crippen molar-refractivity contribution in [2.75, 3.05) is 0 Å². The Morgan fingerprint density at radius 1 is 0.900 bits per heavy atom. The Bertz CT molecular complexity index is 91.9. The molecule has 0 saturated carbocycles. The third-order valence-electron chi connectivity index (χ3n) is 0.302. The van der Waals surface area contributed by atoms with E-state index in [4.69, 9.17) is 10.2 Å². The molecule has 2 N–H and O–H groups in total. The molecular weight excluding hydrogens is 169 g/mol. The molecule has 0 amide bonds. The summed E-state index contributed by atoms with van der Waals surface area (Å²) in [6.07, 6.45) is -0.806. The first-order valence-electron chi connectivity index (χ1n) is 1.56. The van der Waals surface area contributed by atoms with Crippen molar-refractivity contribution >= 4 is 101 Å². The van der Waals surface area contributed by atoms with Gasteiger partial charge in [-0.1, -0.05) is 0 Å². The van der Waals surface area contributed by atoms with E-state index in [0.717, 1.165) is 0 Å². The molecule has 7 heteroatoms. The van der Waals surface area contributed by atoms with E-state index in [9.17, 15) is 9.59 Å². The zero-order valence-electron chi connectivity index (χ0n) is 3.42. The number of carboxylic acid groups (broad SMARTS) is 2. The summed E-state index contributed by atoms with van der Waals surface area (Å²) in [5.74, 6) is -2.62. The standard InChI is InChI=1S/C3H4O4.3Na.3H/c4-2(5)1-3(6)7;;;;;;/h1H2,(H,4,5)(H,6,7);;;;;;. The van der Waals surface area contributed by atoms with Crippen molar-refractivity contribution in [2.24, 2.45) is 0 Å². The van der Waals surface area contributed by atoms with Crippen LogP contribution in [0.25, 0.3) is 0 Å². The molecule has 0 saturated heterocycles. The summed E-state index contributed by atoms with van der Waals surface area (Å²) in [6.45, 7) is 0. The molecule has 46 valence electrons. The normalized spacial score (nSPS) is 5.60. The quantitative estimate of drug-likeness (QED) is 0.363. The Morgan fingerprint density at radius 2 is 1.10 bits per heavy atom. The summed E-state index contributed by atoms with van der Waals surface area (Å²) in [5.41, 5.74) is 0. The van der Waals surface area contributed by atoms with Gasteiger partial charge in [-0.3, -0.25) is 9.59 Å². The fourth-order valence-corrected chi connectivity index (χ4v) is 0.129. The molecular formula is C3H7Na3O4. The first-order chi connectivity index (χ1) is 3.13. The monoisotopic (exact) mass is 176 g/mol. The molecule has 0 atom stereocenters. The third kappa shape index (κ3) is 22.5. The van der Waals surface area contributed by atoms with Crippen LogP contribution in [0.1, 0.15) is 6.42 Å². The molecule has 0 unspecified atom stereocenters. The van der Waals surface area contributed by atoms with Gasteiger partial charge >= 0.3 is 101 Å². The van der Waals surface area contributed by atoms with Crippen LogP contribution in [0.3, 0.4) is 0 Å². The summed E-state index contributed by atoms with van der Waals surface area (Å²) in [6, 6.07) is 0. The fourth-order valence-electron chi connectivity index (χ4n) is 0.129. The minimum absolute atomic E-state index is 0. The third-order valence-corrected chi connectivity index (χ3v) is 0.302. The van der Waals surface area contributed by atoms with Crippen molar-refractivity contribution < 1.29 is 19.8 Å². The van der Waals surface area contributed by atoms with Gasteiger partial charge in [0.15, 0.2) is 0 Å². The molecule has 0 rings (SSSR count). The van der Waals surface area contributed by atoms with Gasteiger partial charge in [-0.2, -0.15) is 0 Å². The van der Waals surface area contributed by atoms with E-state index >= 15 is 0 Å². The van der Waals surface area contributed by atoms with Gasteiger partial charge in [0.2, 0.25) is 0 Å². The van der Waals surface area contributed by atoms with E-state index in [1.54, 1.807) is 0 Å². The average molecular weight is 176 g/mol. The Hall–Kier alpha value is 1.94. The fraction of sp³-hybridized carbons (Fsp3) is 0.333. The van der Waals surface area contributed by atoms with Crippen LogP contribution in [-0.2, 0) is 9.59 Å². The van der Waals surface area contributed by atoms with E-state index in [1.807, 2.05) is 0 Å². The minimum atomic E-state index is -1.31. The Morgan fingerprint density at radius 3 is 1.10 bits per heavy atom. The van der Waals surface area contributed by atoms with Crippen LogP contribution in [0.15, 0.2) is 0 Å². The number of hydrogen-bond acceptors (Lipinski definition) is 2. The summed E-state index contributed by atoms with van der Waals surface area (Å²) < 4.78 is 0. The van der Waals surface area contributed by atoms with Crippen molar-refractivity contribution in [1.82, 2.24) is 0 Å². The number of carboxylic acids is 2. The molecule has 0 radical (unpaired) electrons. The van der Waals surface area contributed by atoms with Crippen LogP contribution in [-0.4, -0.2) is 111 Å². The Labute approximate surface area is 125 Å². The summed E-state index contributed by atoms with van der Waals surface area (Å²) in [7, 11) is 0. The molecule has 0 aliphatic rings. The molecule has 0 aliphatic carbocycles. The number of carbonyl (C=O) groups is 2. The van der Waals surface area contributed by atoms with E-state index in [2.05, 4.69) is 0 Å². The second-order valence-electron chi connectivity index (χ2n) is 0.964. The first kappa shape index (κ1) is 22.7. The van der Waals surface area contributed by atoms with Crippen LogP contribution in [0.2, 0.25) is 0 Å². The van der Waals surface area contributed by atoms with Gasteiger partial charge in [-0.05, 0) is 0 Å². The molecule has 0 fully saturated rings. The van der Waals surface area contributed by atoms with Gasteiger partial charge in [0.05, 0.1) is 0 Å². The van der Waals surface area contributed by atoms with Crippen LogP contribution in [0, 0.1) is 0 Å². The van der Waals surface area contributed by atoms with Gasteiger partial charge < -0.3 is 10.2 Å². The summed E-state index contributed by atoms with van der Waals surface area (Å²) in [4.78, 5) is 18.9. The van der Waals surface area contributed by atoms with Gasteiger partial charge in [-0.15, -0.1) is 0 Å². The van der Waals surface area contributed by atoms with Gasteiger partial charge in [0, 0.05) is 0 Å². The maximum absolute atomic E-state index is 9.43. The van der Waals surface area contributed by atoms with E-state index < -0.39 is 18.4 Å². The van der Waals surface area contributed by atoms with Crippen molar-refractivity contribution in [3.63, 3.8) is 0 Å².